The van der Waals surface area contributed by atoms with E-state index < -0.39 is 11.8 Å². The SMILES string of the molecule is CC(=O)c1cccc(N(CN2C(=O)c3ccccc3C2=O)C(=O)c2ccccc2)c1. The van der Waals surface area contributed by atoms with E-state index in [1.54, 1.807) is 78.9 Å². The van der Waals surface area contributed by atoms with Crippen molar-refractivity contribution < 1.29 is 19.2 Å². The highest BCUT2D eigenvalue weighted by atomic mass is 16.2. The summed E-state index contributed by atoms with van der Waals surface area (Å²) < 4.78 is 0. The number of carbonyl (C=O) groups excluding carboxylic acids is 4. The monoisotopic (exact) mass is 398 g/mol. The lowest BCUT2D eigenvalue weighted by molar-refractivity contribution is 0.0650. The third-order valence-corrected chi connectivity index (χ3v) is 4.99. The molecular weight excluding hydrogens is 380 g/mol. The van der Waals surface area contributed by atoms with Gasteiger partial charge in [-0.05, 0) is 43.3 Å². The Balaban J connectivity index is 1.74. The van der Waals surface area contributed by atoms with Crippen LogP contribution in [0.4, 0.5) is 5.69 Å². The molecule has 3 amide bonds. The number of benzene rings is 3. The fourth-order valence-corrected chi connectivity index (χ4v) is 3.40. The third-order valence-electron chi connectivity index (χ3n) is 4.99. The number of fused-ring (bicyclic) bond motifs is 1. The fourth-order valence-electron chi connectivity index (χ4n) is 3.40. The summed E-state index contributed by atoms with van der Waals surface area (Å²) in [7, 11) is 0. The van der Waals surface area contributed by atoms with Gasteiger partial charge in [-0.3, -0.25) is 29.0 Å². The number of anilines is 1. The van der Waals surface area contributed by atoms with Crippen LogP contribution < -0.4 is 4.90 Å². The average molecular weight is 398 g/mol. The van der Waals surface area contributed by atoms with Gasteiger partial charge in [0.25, 0.3) is 17.7 Å². The summed E-state index contributed by atoms with van der Waals surface area (Å²) >= 11 is 0. The standard InChI is InChI=1S/C24H18N2O4/c1-16(27)18-10-7-11-19(14-18)25(22(28)17-8-3-2-4-9-17)15-26-23(29)20-12-5-6-13-21(20)24(26)30/h2-14H,15H2,1H3. The summed E-state index contributed by atoms with van der Waals surface area (Å²) in [6.07, 6.45) is 0. The summed E-state index contributed by atoms with van der Waals surface area (Å²) in [5.74, 6) is -1.44. The molecule has 0 saturated carbocycles. The molecule has 30 heavy (non-hydrogen) atoms. The van der Waals surface area contributed by atoms with Crippen LogP contribution in [0.25, 0.3) is 0 Å². The molecule has 0 radical (unpaired) electrons. The molecule has 0 saturated heterocycles. The van der Waals surface area contributed by atoms with Gasteiger partial charge in [0.1, 0.15) is 6.67 Å². The molecule has 1 heterocycles. The minimum absolute atomic E-state index is 0.148. The van der Waals surface area contributed by atoms with E-state index >= 15 is 0 Å². The van der Waals surface area contributed by atoms with Gasteiger partial charge in [-0.15, -0.1) is 0 Å². The average Bonchev–Trinajstić information content (AvgIpc) is 3.02. The van der Waals surface area contributed by atoms with Crippen molar-refractivity contribution in [2.24, 2.45) is 0 Å². The second kappa shape index (κ2) is 7.75. The lowest BCUT2D eigenvalue weighted by atomic mass is 10.1. The van der Waals surface area contributed by atoms with E-state index in [1.807, 2.05) is 0 Å². The Morgan fingerprint density at radius 3 is 1.93 bits per heavy atom. The normalized spacial score (nSPS) is 12.6. The predicted molar refractivity (Wildman–Crippen MR) is 112 cm³/mol. The van der Waals surface area contributed by atoms with Crippen LogP contribution in [0.5, 0.6) is 0 Å². The van der Waals surface area contributed by atoms with Crippen LogP contribution in [-0.2, 0) is 0 Å². The number of imide groups is 1. The van der Waals surface area contributed by atoms with E-state index in [2.05, 4.69) is 0 Å². The Morgan fingerprint density at radius 1 is 0.767 bits per heavy atom. The highest BCUT2D eigenvalue weighted by Gasteiger charge is 2.37. The molecule has 3 aromatic rings. The minimum Gasteiger partial charge on any atom is -0.295 e. The molecule has 0 bridgehead atoms. The van der Waals surface area contributed by atoms with Gasteiger partial charge in [0.2, 0.25) is 0 Å². The highest BCUT2D eigenvalue weighted by Crippen LogP contribution is 2.26. The van der Waals surface area contributed by atoms with Crippen LogP contribution >= 0.6 is 0 Å². The number of amides is 3. The molecule has 0 atom stereocenters. The predicted octanol–water partition coefficient (Wildman–Crippen LogP) is 3.79. The molecule has 1 aliphatic heterocycles. The lowest BCUT2D eigenvalue weighted by Crippen LogP contribution is -2.44. The maximum Gasteiger partial charge on any atom is 0.263 e. The zero-order chi connectivity index (χ0) is 21.3. The van der Waals surface area contributed by atoms with Gasteiger partial charge in [-0.2, -0.15) is 0 Å². The Bertz CT molecular complexity index is 1140. The number of carbonyl (C=O) groups is 4. The van der Waals surface area contributed by atoms with Crippen LogP contribution in [0.3, 0.4) is 0 Å². The summed E-state index contributed by atoms with van der Waals surface area (Å²) in [6.45, 7) is 1.17. The summed E-state index contributed by atoms with van der Waals surface area (Å²) in [4.78, 5) is 53.2. The van der Waals surface area contributed by atoms with E-state index in [9.17, 15) is 19.2 Å². The molecule has 0 aromatic heterocycles. The molecule has 0 fully saturated rings. The molecule has 0 aliphatic carbocycles. The number of ketones is 1. The van der Waals surface area contributed by atoms with Crippen LogP contribution in [0.1, 0.15) is 48.4 Å². The van der Waals surface area contributed by atoms with Crippen molar-refractivity contribution in [3.05, 3.63) is 101 Å². The van der Waals surface area contributed by atoms with E-state index in [4.69, 9.17) is 0 Å². The van der Waals surface area contributed by atoms with Gasteiger partial charge in [0.15, 0.2) is 5.78 Å². The van der Waals surface area contributed by atoms with E-state index in [-0.39, 0.29) is 18.4 Å². The van der Waals surface area contributed by atoms with Gasteiger partial charge in [0, 0.05) is 16.8 Å². The first kappa shape index (κ1) is 19.3. The van der Waals surface area contributed by atoms with Crippen molar-refractivity contribution in [3.63, 3.8) is 0 Å². The first-order valence-electron chi connectivity index (χ1n) is 9.40. The quantitative estimate of drug-likeness (QED) is 0.484. The Labute approximate surface area is 173 Å². The number of nitrogens with zero attached hydrogens (tertiary/aromatic N) is 2. The number of hydrogen-bond acceptors (Lipinski definition) is 4. The maximum absolute atomic E-state index is 13.3. The summed E-state index contributed by atoms with van der Waals surface area (Å²) in [5.41, 5.74) is 1.88. The minimum atomic E-state index is -0.454. The second-order valence-corrected chi connectivity index (χ2v) is 6.93. The largest absolute Gasteiger partial charge is 0.295 e. The molecule has 0 unspecified atom stereocenters. The molecule has 0 spiro atoms. The maximum atomic E-state index is 13.3. The zero-order valence-corrected chi connectivity index (χ0v) is 16.2. The van der Waals surface area contributed by atoms with Crippen molar-refractivity contribution >= 4 is 29.2 Å². The zero-order valence-electron chi connectivity index (χ0n) is 16.2. The van der Waals surface area contributed by atoms with Crippen LogP contribution in [-0.4, -0.2) is 35.1 Å². The Kier molecular flexibility index (Phi) is 4.98. The van der Waals surface area contributed by atoms with Crippen molar-refractivity contribution in [1.29, 1.82) is 0 Å². The molecule has 4 rings (SSSR count). The molecule has 0 N–H and O–H groups in total. The Morgan fingerprint density at radius 2 is 1.33 bits per heavy atom. The molecule has 1 aliphatic rings. The van der Waals surface area contributed by atoms with Crippen molar-refractivity contribution in [3.8, 4) is 0 Å². The van der Waals surface area contributed by atoms with Crippen molar-refractivity contribution in [1.82, 2.24) is 4.90 Å². The number of rotatable bonds is 5. The smallest absolute Gasteiger partial charge is 0.263 e. The van der Waals surface area contributed by atoms with Crippen molar-refractivity contribution in [2.75, 3.05) is 11.6 Å². The van der Waals surface area contributed by atoms with E-state index in [1.165, 1.54) is 11.8 Å². The molecule has 3 aromatic carbocycles. The topological polar surface area (TPSA) is 74.8 Å². The van der Waals surface area contributed by atoms with Gasteiger partial charge >= 0.3 is 0 Å². The fraction of sp³-hybridized carbons (Fsp3) is 0.0833. The molecule has 6 nitrogen and oxygen atoms in total. The van der Waals surface area contributed by atoms with Gasteiger partial charge in [0.05, 0.1) is 11.1 Å². The number of Topliss-reactive ketones (excluding diaryl/α,β-unsaturated/α-hetero) is 1. The molecular formula is C24H18N2O4. The van der Waals surface area contributed by atoms with E-state index in [0.29, 0.717) is 27.9 Å². The Hall–Kier alpha value is -4.06. The van der Waals surface area contributed by atoms with Crippen LogP contribution in [0.15, 0.2) is 78.9 Å². The third kappa shape index (κ3) is 3.39. The van der Waals surface area contributed by atoms with Gasteiger partial charge in [-0.25, -0.2) is 0 Å². The van der Waals surface area contributed by atoms with Crippen LogP contribution in [0, 0.1) is 0 Å². The van der Waals surface area contributed by atoms with E-state index in [0.717, 1.165) is 4.90 Å². The summed E-state index contributed by atoms with van der Waals surface area (Å²) in [6, 6.07) is 21.7. The summed E-state index contributed by atoms with van der Waals surface area (Å²) in [5, 5.41) is 0. The second-order valence-electron chi connectivity index (χ2n) is 6.93. The highest BCUT2D eigenvalue weighted by molar-refractivity contribution is 6.22. The van der Waals surface area contributed by atoms with Gasteiger partial charge in [-0.1, -0.05) is 42.5 Å². The molecule has 148 valence electrons. The van der Waals surface area contributed by atoms with Gasteiger partial charge < -0.3 is 0 Å². The molecule has 6 heteroatoms. The lowest BCUT2D eigenvalue weighted by Gasteiger charge is -2.27. The number of hydrogen-bond donors (Lipinski definition) is 0. The van der Waals surface area contributed by atoms with Crippen LogP contribution in [0.2, 0.25) is 0 Å². The first-order valence-corrected chi connectivity index (χ1v) is 9.40. The van der Waals surface area contributed by atoms with Crippen molar-refractivity contribution in [2.45, 2.75) is 6.92 Å². The first-order chi connectivity index (χ1) is 14.5.